The Kier molecular flexibility index (Phi) is 5.63. The minimum Gasteiger partial charge on any atom is -0.357 e. The second kappa shape index (κ2) is 8.74. The Morgan fingerprint density at radius 1 is 1.30 bits per heavy atom. The molecule has 9 nitrogen and oxygen atoms in total. The largest absolute Gasteiger partial charge is 0.357 e. The van der Waals surface area contributed by atoms with Crippen molar-refractivity contribution < 1.29 is 9.59 Å². The highest BCUT2D eigenvalue weighted by molar-refractivity contribution is 6.31. The van der Waals surface area contributed by atoms with Crippen LogP contribution < -0.4 is 5.32 Å². The first-order chi connectivity index (χ1) is 16.0. The Bertz CT molecular complexity index is 1330. The van der Waals surface area contributed by atoms with Gasteiger partial charge in [0.05, 0.1) is 18.2 Å². The summed E-state index contributed by atoms with van der Waals surface area (Å²) >= 11 is 6.05. The second-order valence-electron chi connectivity index (χ2n) is 8.33. The molecule has 1 fully saturated rings. The highest BCUT2D eigenvalue weighted by Crippen LogP contribution is 2.21. The monoisotopic (exact) mass is 465 g/mol. The van der Waals surface area contributed by atoms with Crippen LogP contribution in [0.3, 0.4) is 0 Å². The molecular formula is C23H24ClN7O2. The number of aromatic nitrogens is 4. The van der Waals surface area contributed by atoms with E-state index in [4.69, 9.17) is 11.6 Å². The van der Waals surface area contributed by atoms with Crippen LogP contribution in [-0.2, 0) is 6.54 Å². The average Bonchev–Trinajstić information content (AvgIpc) is 3.47. The summed E-state index contributed by atoms with van der Waals surface area (Å²) in [6, 6.07) is 10.9. The van der Waals surface area contributed by atoms with Gasteiger partial charge in [-0.2, -0.15) is 0 Å². The first-order valence-electron chi connectivity index (χ1n) is 10.8. The fraction of sp³-hybridized carbons (Fsp3) is 0.304. The Balaban J connectivity index is 1.22. The van der Waals surface area contributed by atoms with Crippen LogP contribution in [0.25, 0.3) is 16.6 Å². The van der Waals surface area contributed by atoms with E-state index < -0.39 is 0 Å². The second-order valence-corrected chi connectivity index (χ2v) is 8.76. The highest BCUT2D eigenvalue weighted by atomic mass is 35.5. The topological polar surface area (TPSA) is 98.6 Å². The van der Waals surface area contributed by atoms with Gasteiger partial charge in [-0.15, -0.1) is 10.2 Å². The fourth-order valence-corrected chi connectivity index (χ4v) is 4.54. The maximum Gasteiger partial charge on any atom is 0.317 e. The summed E-state index contributed by atoms with van der Waals surface area (Å²) in [5, 5.41) is 12.6. The highest BCUT2D eigenvalue weighted by Gasteiger charge is 2.30. The van der Waals surface area contributed by atoms with E-state index in [0.29, 0.717) is 35.9 Å². The van der Waals surface area contributed by atoms with E-state index in [0.717, 1.165) is 29.4 Å². The van der Waals surface area contributed by atoms with Gasteiger partial charge in [0.15, 0.2) is 5.65 Å². The number of H-pyrrole nitrogens is 1. The zero-order valence-corrected chi connectivity index (χ0v) is 18.9. The number of carbonyl (C=O) groups is 2. The molecule has 0 radical (unpaired) electrons. The number of urea groups is 1. The average molecular weight is 466 g/mol. The molecule has 5 rings (SSSR count). The molecule has 3 aromatic heterocycles. The van der Waals surface area contributed by atoms with Crippen LogP contribution in [0.2, 0.25) is 5.02 Å². The van der Waals surface area contributed by atoms with Gasteiger partial charge in [-0.1, -0.05) is 11.6 Å². The van der Waals surface area contributed by atoms with Crippen molar-refractivity contribution in [3.05, 3.63) is 65.2 Å². The van der Waals surface area contributed by atoms with Crippen LogP contribution in [0.5, 0.6) is 0 Å². The number of pyridine rings is 1. The molecule has 1 aromatic carbocycles. The number of piperidine rings is 1. The van der Waals surface area contributed by atoms with Crippen molar-refractivity contribution in [1.29, 1.82) is 0 Å². The molecule has 0 saturated carbocycles. The minimum atomic E-state index is -0.175. The van der Waals surface area contributed by atoms with E-state index in [1.807, 2.05) is 36.5 Å². The predicted molar refractivity (Wildman–Crippen MR) is 125 cm³/mol. The summed E-state index contributed by atoms with van der Waals surface area (Å²) in [5.74, 6) is -0.0937. The molecule has 0 bridgehead atoms. The summed E-state index contributed by atoms with van der Waals surface area (Å²) in [6.07, 6.45) is 5.05. The number of hydrogen-bond acceptors (Lipinski definition) is 4. The number of aromatic amines is 1. The molecule has 33 heavy (non-hydrogen) atoms. The van der Waals surface area contributed by atoms with Crippen LogP contribution in [0.1, 0.15) is 28.9 Å². The SMILES string of the molecule is CN(C(=O)NCc1cc2cc(Cl)ccc2[nH]1)C1CCCN(C(=O)c2cccn3cnnc23)C1. The van der Waals surface area contributed by atoms with E-state index in [2.05, 4.69) is 20.5 Å². The molecule has 10 heteroatoms. The van der Waals surface area contributed by atoms with Gasteiger partial charge in [0.25, 0.3) is 5.91 Å². The predicted octanol–water partition coefficient (Wildman–Crippen LogP) is 3.31. The number of nitrogens with zero attached hydrogens (tertiary/aromatic N) is 5. The van der Waals surface area contributed by atoms with Crippen LogP contribution >= 0.6 is 11.6 Å². The zero-order valence-electron chi connectivity index (χ0n) is 18.2. The fourth-order valence-electron chi connectivity index (χ4n) is 4.36. The normalized spacial score (nSPS) is 16.3. The van der Waals surface area contributed by atoms with Crippen molar-refractivity contribution >= 4 is 40.1 Å². The lowest BCUT2D eigenvalue weighted by Crippen LogP contribution is -2.52. The van der Waals surface area contributed by atoms with Crippen molar-refractivity contribution in [3.8, 4) is 0 Å². The first kappa shape index (κ1) is 21.3. The summed E-state index contributed by atoms with van der Waals surface area (Å²) in [6.45, 7) is 1.50. The molecule has 1 atom stereocenters. The molecule has 4 heterocycles. The lowest BCUT2D eigenvalue weighted by molar-refractivity contribution is 0.0637. The Morgan fingerprint density at radius 3 is 3.06 bits per heavy atom. The lowest BCUT2D eigenvalue weighted by atomic mass is 10.0. The van der Waals surface area contributed by atoms with Gasteiger partial charge in [0.1, 0.15) is 6.33 Å². The molecule has 2 N–H and O–H groups in total. The molecule has 1 aliphatic heterocycles. The van der Waals surface area contributed by atoms with Crippen molar-refractivity contribution in [2.75, 3.05) is 20.1 Å². The lowest BCUT2D eigenvalue weighted by Gasteiger charge is -2.37. The molecule has 0 aliphatic carbocycles. The van der Waals surface area contributed by atoms with Crippen molar-refractivity contribution in [1.82, 2.24) is 34.7 Å². The third-order valence-electron chi connectivity index (χ3n) is 6.17. The molecule has 1 aliphatic rings. The van der Waals surface area contributed by atoms with Crippen LogP contribution in [0, 0.1) is 0 Å². The Morgan fingerprint density at radius 2 is 2.18 bits per heavy atom. The molecule has 0 spiro atoms. The van der Waals surface area contributed by atoms with E-state index in [1.165, 1.54) is 0 Å². The number of fused-ring (bicyclic) bond motifs is 2. The first-order valence-corrected chi connectivity index (χ1v) is 11.2. The van der Waals surface area contributed by atoms with Crippen LogP contribution in [0.4, 0.5) is 4.79 Å². The number of amides is 3. The van der Waals surface area contributed by atoms with Crippen LogP contribution in [0.15, 0.2) is 48.9 Å². The van der Waals surface area contributed by atoms with Gasteiger partial charge in [-0.05, 0) is 49.2 Å². The van der Waals surface area contributed by atoms with Crippen molar-refractivity contribution in [2.24, 2.45) is 0 Å². The third kappa shape index (κ3) is 4.23. The maximum atomic E-state index is 13.2. The molecule has 1 unspecified atom stereocenters. The Hall–Kier alpha value is -3.59. The maximum absolute atomic E-state index is 13.2. The van der Waals surface area contributed by atoms with Gasteiger partial charge in [0, 0.05) is 48.0 Å². The van der Waals surface area contributed by atoms with Gasteiger partial charge in [0.2, 0.25) is 0 Å². The number of carbonyl (C=O) groups excluding carboxylic acids is 2. The number of benzene rings is 1. The third-order valence-corrected chi connectivity index (χ3v) is 6.41. The molecule has 4 aromatic rings. The van der Waals surface area contributed by atoms with E-state index in [1.54, 1.807) is 33.6 Å². The van der Waals surface area contributed by atoms with Crippen molar-refractivity contribution in [3.63, 3.8) is 0 Å². The number of rotatable bonds is 4. The number of nitrogens with one attached hydrogen (secondary N) is 2. The number of likely N-dealkylation sites (tertiary alicyclic amines) is 1. The van der Waals surface area contributed by atoms with Crippen LogP contribution in [-0.4, -0.2) is 67.5 Å². The molecule has 170 valence electrons. The minimum absolute atomic E-state index is 0.0678. The number of hydrogen-bond donors (Lipinski definition) is 2. The van der Waals surface area contributed by atoms with Gasteiger partial charge in [-0.25, -0.2) is 4.79 Å². The standard InChI is InChI=1S/C23H24ClN7O2/c1-29(23(33)25-12-17-11-15-10-16(24)6-7-20(15)27-17)18-4-2-8-30(13-18)22(32)19-5-3-9-31-14-26-28-21(19)31/h3,5-7,9-11,14,18,27H,2,4,8,12-13H2,1H3,(H,25,33). The number of halogens is 1. The Labute approximate surface area is 195 Å². The van der Waals surface area contributed by atoms with E-state index in [9.17, 15) is 9.59 Å². The summed E-state index contributed by atoms with van der Waals surface area (Å²) in [5.41, 5.74) is 2.93. The summed E-state index contributed by atoms with van der Waals surface area (Å²) in [4.78, 5) is 32.8. The van der Waals surface area contributed by atoms with E-state index >= 15 is 0 Å². The zero-order chi connectivity index (χ0) is 22.9. The smallest absolute Gasteiger partial charge is 0.317 e. The summed E-state index contributed by atoms with van der Waals surface area (Å²) in [7, 11) is 1.78. The van der Waals surface area contributed by atoms with Crippen molar-refractivity contribution in [2.45, 2.75) is 25.4 Å². The van der Waals surface area contributed by atoms with E-state index in [-0.39, 0.29) is 18.0 Å². The molecule has 1 saturated heterocycles. The van der Waals surface area contributed by atoms with Gasteiger partial charge in [-0.3, -0.25) is 9.20 Å². The summed E-state index contributed by atoms with van der Waals surface area (Å²) < 4.78 is 1.73. The molecule has 3 amide bonds. The van der Waals surface area contributed by atoms with Gasteiger partial charge >= 0.3 is 6.03 Å². The quantitative estimate of drug-likeness (QED) is 0.483. The van der Waals surface area contributed by atoms with Gasteiger partial charge < -0.3 is 20.1 Å². The number of likely N-dealkylation sites (N-methyl/N-ethyl adjacent to an activating group) is 1. The molecular weight excluding hydrogens is 442 g/mol.